The average molecular weight is 387 g/mol. The van der Waals surface area contributed by atoms with Gasteiger partial charge in [-0.15, -0.1) is 0 Å². The normalized spacial score (nSPS) is 15.7. The molecule has 0 aromatic heterocycles. The highest BCUT2D eigenvalue weighted by Gasteiger charge is 2.30. The molecule has 0 aliphatic carbocycles. The van der Waals surface area contributed by atoms with Gasteiger partial charge in [-0.1, -0.05) is 47.5 Å². The molecule has 2 aromatic carbocycles. The third-order valence-electron chi connectivity index (χ3n) is 5.02. The maximum atomic E-state index is 12.9. The molecule has 6 heteroatoms. The highest BCUT2D eigenvalue weighted by atomic mass is 32.2. The lowest BCUT2D eigenvalue weighted by Crippen LogP contribution is -2.50. The zero-order valence-electron chi connectivity index (χ0n) is 16.1. The molecular weight excluding hydrogens is 360 g/mol. The van der Waals surface area contributed by atoms with Crippen LogP contribution in [0.5, 0.6) is 0 Å². The van der Waals surface area contributed by atoms with Crippen LogP contribution < -0.4 is 0 Å². The molecule has 1 saturated heterocycles. The Labute approximate surface area is 161 Å². The van der Waals surface area contributed by atoms with Gasteiger partial charge in [-0.25, -0.2) is 8.42 Å². The molecule has 27 heavy (non-hydrogen) atoms. The van der Waals surface area contributed by atoms with E-state index in [1.165, 1.54) is 4.31 Å². The van der Waals surface area contributed by atoms with Crippen LogP contribution in [-0.2, 0) is 21.2 Å². The van der Waals surface area contributed by atoms with Crippen molar-refractivity contribution < 1.29 is 13.2 Å². The standard InChI is InChI=1S/C21H26N2O3S/c1-16-4-7-19(8-5-16)15-21(24)22-10-12-23(13-11-22)27(25,26)20-9-6-17(2)14-18(20)3/h4-9,14H,10-13,15H2,1-3H3. The van der Waals surface area contributed by atoms with Crippen molar-refractivity contribution in [1.29, 1.82) is 0 Å². The van der Waals surface area contributed by atoms with Crippen molar-refractivity contribution in [3.05, 3.63) is 64.7 Å². The van der Waals surface area contributed by atoms with Crippen LogP contribution >= 0.6 is 0 Å². The van der Waals surface area contributed by atoms with E-state index < -0.39 is 10.0 Å². The van der Waals surface area contributed by atoms with Gasteiger partial charge in [-0.05, 0) is 38.0 Å². The number of carbonyl (C=O) groups is 1. The summed E-state index contributed by atoms with van der Waals surface area (Å²) < 4.78 is 27.4. The lowest BCUT2D eigenvalue weighted by atomic mass is 10.1. The number of hydrogen-bond acceptors (Lipinski definition) is 3. The van der Waals surface area contributed by atoms with Gasteiger partial charge >= 0.3 is 0 Å². The van der Waals surface area contributed by atoms with E-state index in [-0.39, 0.29) is 5.91 Å². The summed E-state index contributed by atoms with van der Waals surface area (Å²) in [6.07, 6.45) is 0.351. The second-order valence-corrected chi connectivity index (χ2v) is 9.12. The molecule has 1 aliphatic heterocycles. The summed E-state index contributed by atoms with van der Waals surface area (Å²) in [5, 5.41) is 0. The van der Waals surface area contributed by atoms with Gasteiger partial charge in [0.2, 0.25) is 15.9 Å². The minimum Gasteiger partial charge on any atom is -0.340 e. The fourth-order valence-corrected chi connectivity index (χ4v) is 5.03. The van der Waals surface area contributed by atoms with Gasteiger partial charge in [-0.2, -0.15) is 4.31 Å². The first-order valence-corrected chi connectivity index (χ1v) is 10.6. The number of hydrogen-bond donors (Lipinski definition) is 0. The van der Waals surface area contributed by atoms with Crippen molar-refractivity contribution in [2.24, 2.45) is 0 Å². The first kappa shape index (κ1) is 19.6. The van der Waals surface area contributed by atoms with Gasteiger partial charge in [0.15, 0.2) is 0 Å². The molecule has 3 rings (SSSR count). The molecule has 1 heterocycles. The minimum atomic E-state index is -3.53. The molecule has 2 aromatic rings. The van der Waals surface area contributed by atoms with Gasteiger partial charge in [0.1, 0.15) is 0 Å². The van der Waals surface area contributed by atoms with Gasteiger partial charge in [0.25, 0.3) is 0 Å². The number of carbonyl (C=O) groups excluding carboxylic acids is 1. The molecular formula is C21H26N2O3S. The topological polar surface area (TPSA) is 57.7 Å². The number of nitrogens with zero attached hydrogens (tertiary/aromatic N) is 2. The second kappa shape index (κ2) is 7.82. The molecule has 1 aliphatic rings. The van der Waals surface area contributed by atoms with E-state index in [0.29, 0.717) is 37.5 Å². The van der Waals surface area contributed by atoms with E-state index in [1.807, 2.05) is 57.2 Å². The summed E-state index contributed by atoms with van der Waals surface area (Å²) in [4.78, 5) is 14.6. The highest BCUT2D eigenvalue weighted by Crippen LogP contribution is 2.22. The SMILES string of the molecule is Cc1ccc(CC(=O)N2CCN(S(=O)(=O)c3ccc(C)cc3C)CC2)cc1. The average Bonchev–Trinajstić information content (AvgIpc) is 2.63. The predicted octanol–water partition coefficient (Wildman–Crippen LogP) is 2.69. The van der Waals surface area contributed by atoms with Crippen LogP contribution in [0.3, 0.4) is 0 Å². The van der Waals surface area contributed by atoms with Crippen molar-refractivity contribution in [1.82, 2.24) is 9.21 Å². The Morgan fingerprint density at radius 1 is 0.889 bits per heavy atom. The number of benzene rings is 2. The lowest BCUT2D eigenvalue weighted by molar-refractivity contribution is -0.131. The van der Waals surface area contributed by atoms with E-state index >= 15 is 0 Å². The summed E-state index contributed by atoms with van der Waals surface area (Å²) in [7, 11) is -3.53. The Bertz CT molecular complexity index is 928. The Kier molecular flexibility index (Phi) is 5.67. The summed E-state index contributed by atoms with van der Waals surface area (Å²) in [5.41, 5.74) is 3.94. The van der Waals surface area contributed by atoms with Crippen LogP contribution in [0, 0.1) is 20.8 Å². The van der Waals surface area contributed by atoms with Crippen LogP contribution in [-0.4, -0.2) is 49.7 Å². The third-order valence-corrected chi connectivity index (χ3v) is 7.07. The largest absolute Gasteiger partial charge is 0.340 e. The molecule has 1 amide bonds. The second-order valence-electron chi connectivity index (χ2n) is 7.22. The first-order valence-electron chi connectivity index (χ1n) is 9.18. The van der Waals surface area contributed by atoms with Crippen LogP contribution in [0.2, 0.25) is 0 Å². The zero-order chi connectivity index (χ0) is 19.6. The fraction of sp³-hybridized carbons (Fsp3) is 0.381. The third kappa shape index (κ3) is 4.39. The van der Waals surface area contributed by atoms with E-state index in [2.05, 4.69) is 0 Å². The lowest BCUT2D eigenvalue weighted by Gasteiger charge is -2.34. The van der Waals surface area contributed by atoms with Crippen LogP contribution in [0.1, 0.15) is 22.3 Å². The van der Waals surface area contributed by atoms with Crippen LogP contribution in [0.15, 0.2) is 47.4 Å². The summed E-state index contributed by atoms with van der Waals surface area (Å²) in [5.74, 6) is 0.0439. The molecule has 5 nitrogen and oxygen atoms in total. The number of amides is 1. The van der Waals surface area contributed by atoms with E-state index in [4.69, 9.17) is 0 Å². The molecule has 1 fully saturated rings. The molecule has 144 valence electrons. The quantitative estimate of drug-likeness (QED) is 0.812. The Balaban J connectivity index is 1.64. The first-order chi connectivity index (χ1) is 12.8. The van der Waals surface area contributed by atoms with E-state index in [0.717, 1.165) is 22.3 Å². The zero-order valence-corrected chi connectivity index (χ0v) is 16.9. The molecule has 0 saturated carbocycles. The Morgan fingerprint density at radius 2 is 1.48 bits per heavy atom. The monoisotopic (exact) mass is 386 g/mol. The van der Waals surface area contributed by atoms with Crippen molar-refractivity contribution in [2.75, 3.05) is 26.2 Å². The predicted molar refractivity (Wildman–Crippen MR) is 106 cm³/mol. The van der Waals surface area contributed by atoms with Gasteiger partial charge in [-0.3, -0.25) is 4.79 Å². The Hall–Kier alpha value is -2.18. The molecule has 0 atom stereocenters. The highest BCUT2D eigenvalue weighted by molar-refractivity contribution is 7.89. The van der Waals surface area contributed by atoms with Crippen molar-refractivity contribution in [3.63, 3.8) is 0 Å². The Morgan fingerprint density at radius 3 is 2.07 bits per heavy atom. The minimum absolute atomic E-state index is 0.0439. The molecule has 0 unspecified atom stereocenters. The van der Waals surface area contributed by atoms with Crippen LogP contribution in [0.25, 0.3) is 0 Å². The fourth-order valence-electron chi connectivity index (χ4n) is 3.40. The van der Waals surface area contributed by atoms with E-state index in [1.54, 1.807) is 11.0 Å². The van der Waals surface area contributed by atoms with Crippen molar-refractivity contribution in [2.45, 2.75) is 32.1 Å². The van der Waals surface area contributed by atoms with Crippen LogP contribution in [0.4, 0.5) is 0 Å². The number of sulfonamides is 1. The number of aryl methyl sites for hydroxylation is 3. The molecule has 0 spiro atoms. The van der Waals surface area contributed by atoms with Gasteiger partial charge in [0.05, 0.1) is 11.3 Å². The summed E-state index contributed by atoms with van der Waals surface area (Å²) in [6.45, 7) is 7.29. The van der Waals surface area contributed by atoms with Crippen molar-refractivity contribution in [3.8, 4) is 0 Å². The molecule has 0 radical (unpaired) electrons. The van der Waals surface area contributed by atoms with E-state index in [9.17, 15) is 13.2 Å². The summed E-state index contributed by atoms with van der Waals surface area (Å²) in [6, 6.07) is 13.3. The maximum Gasteiger partial charge on any atom is 0.243 e. The van der Waals surface area contributed by atoms with Gasteiger partial charge in [0, 0.05) is 26.2 Å². The molecule has 0 bridgehead atoms. The van der Waals surface area contributed by atoms with Gasteiger partial charge < -0.3 is 4.90 Å². The van der Waals surface area contributed by atoms with Crippen molar-refractivity contribution >= 4 is 15.9 Å². The number of piperazine rings is 1. The smallest absolute Gasteiger partial charge is 0.243 e. The summed E-state index contributed by atoms with van der Waals surface area (Å²) >= 11 is 0. The number of rotatable bonds is 4. The maximum absolute atomic E-state index is 12.9. The molecule has 0 N–H and O–H groups in total.